The molecule has 78 valence electrons. The normalized spacial score (nSPS) is 26.3. The molecule has 0 radical (unpaired) electrons. The van der Waals surface area contributed by atoms with Crippen LogP contribution in [-0.2, 0) is 4.74 Å². The molecule has 1 fully saturated rings. The minimum absolute atomic E-state index is 0.642. The van der Waals surface area contributed by atoms with Gasteiger partial charge in [-0.2, -0.15) is 0 Å². The second-order valence-corrected chi connectivity index (χ2v) is 4.20. The van der Waals surface area contributed by atoms with Gasteiger partial charge in [0.15, 0.2) is 0 Å². The Bertz CT molecular complexity index is 108. The summed E-state index contributed by atoms with van der Waals surface area (Å²) in [5.74, 6) is 0. The van der Waals surface area contributed by atoms with Crippen LogP contribution in [0, 0.1) is 0 Å². The Labute approximate surface area is 82.9 Å². The quantitative estimate of drug-likeness (QED) is 0.411. The number of hydrogen-bond donors (Lipinski definition) is 0. The predicted octanol–water partition coefficient (Wildman–Crippen LogP) is 3.91. The van der Waals surface area contributed by atoms with Crippen molar-refractivity contribution in [2.24, 2.45) is 0 Å². The van der Waals surface area contributed by atoms with Gasteiger partial charge in [-0.05, 0) is 12.8 Å². The van der Waals surface area contributed by atoms with Crippen molar-refractivity contribution in [2.45, 2.75) is 77.4 Å². The van der Waals surface area contributed by atoms with E-state index < -0.39 is 0 Å². The van der Waals surface area contributed by atoms with E-state index >= 15 is 0 Å². The minimum atomic E-state index is 0.642. The fourth-order valence-corrected chi connectivity index (χ4v) is 1.88. The summed E-state index contributed by atoms with van der Waals surface area (Å²) in [4.78, 5) is 0. The van der Waals surface area contributed by atoms with Crippen LogP contribution in [0.2, 0.25) is 0 Å². The van der Waals surface area contributed by atoms with Crippen molar-refractivity contribution in [3.05, 3.63) is 0 Å². The standard InChI is InChI=1S/C12H24O/c1-3-5-7-9-11-12(13-11)10-8-6-4-2/h11-12H,3-10H2,1-2H3/t11-,12-/m0/s1. The van der Waals surface area contributed by atoms with Gasteiger partial charge in [0.05, 0.1) is 12.2 Å². The molecule has 0 aromatic heterocycles. The lowest BCUT2D eigenvalue weighted by atomic mass is 10.1. The van der Waals surface area contributed by atoms with E-state index in [1.54, 1.807) is 0 Å². The van der Waals surface area contributed by atoms with Gasteiger partial charge < -0.3 is 4.74 Å². The van der Waals surface area contributed by atoms with E-state index in [1.807, 2.05) is 0 Å². The largest absolute Gasteiger partial charge is 0.370 e. The molecule has 1 heteroatoms. The molecule has 1 saturated heterocycles. The number of epoxide rings is 1. The van der Waals surface area contributed by atoms with Crippen molar-refractivity contribution >= 4 is 0 Å². The molecule has 1 rings (SSSR count). The highest BCUT2D eigenvalue weighted by Gasteiger charge is 2.36. The molecule has 0 aliphatic carbocycles. The van der Waals surface area contributed by atoms with Crippen LogP contribution >= 0.6 is 0 Å². The molecule has 1 heterocycles. The first-order valence-electron chi connectivity index (χ1n) is 6.04. The summed E-state index contributed by atoms with van der Waals surface area (Å²) in [6.07, 6.45) is 12.0. The van der Waals surface area contributed by atoms with E-state index in [9.17, 15) is 0 Å². The third-order valence-corrected chi connectivity index (χ3v) is 2.87. The van der Waals surface area contributed by atoms with Crippen LogP contribution < -0.4 is 0 Å². The Hall–Kier alpha value is -0.0400. The van der Waals surface area contributed by atoms with E-state index in [0.717, 1.165) is 0 Å². The third-order valence-electron chi connectivity index (χ3n) is 2.87. The van der Waals surface area contributed by atoms with Crippen LogP contribution in [-0.4, -0.2) is 12.2 Å². The van der Waals surface area contributed by atoms with Gasteiger partial charge in [-0.15, -0.1) is 0 Å². The zero-order valence-electron chi connectivity index (χ0n) is 9.22. The summed E-state index contributed by atoms with van der Waals surface area (Å²) in [5.41, 5.74) is 0. The molecule has 1 aliphatic rings. The summed E-state index contributed by atoms with van der Waals surface area (Å²) in [6.45, 7) is 4.51. The highest BCUT2D eigenvalue weighted by atomic mass is 16.6. The highest BCUT2D eigenvalue weighted by Crippen LogP contribution is 2.31. The van der Waals surface area contributed by atoms with Gasteiger partial charge in [0.1, 0.15) is 0 Å². The second kappa shape index (κ2) is 6.42. The van der Waals surface area contributed by atoms with E-state index in [4.69, 9.17) is 4.74 Å². The smallest absolute Gasteiger partial charge is 0.0841 e. The Kier molecular flexibility index (Phi) is 5.45. The summed E-state index contributed by atoms with van der Waals surface area (Å²) in [5, 5.41) is 0. The van der Waals surface area contributed by atoms with Crippen molar-refractivity contribution in [1.82, 2.24) is 0 Å². The Morgan fingerprint density at radius 1 is 0.769 bits per heavy atom. The lowest BCUT2D eigenvalue weighted by Gasteiger charge is -1.95. The molecule has 0 aromatic rings. The molecule has 0 aromatic carbocycles. The Balaban J connectivity index is 1.85. The van der Waals surface area contributed by atoms with Gasteiger partial charge in [0.25, 0.3) is 0 Å². The summed E-state index contributed by atoms with van der Waals surface area (Å²) in [6, 6.07) is 0. The van der Waals surface area contributed by atoms with Gasteiger partial charge in [0.2, 0.25) is 0 Å². The fraction of sp³-hybridized carbons (Fsp3) is 1.00. The number of unbranched alkanes of at least 4 members (excludes halogenated alkanes) is 4. The molecule has 0 bridgehead atoms. The lowest BCUT2D eigenvalue weighted by Crippen LogP contribution is -1.94. The van der Waals surface area contributed by atoms with Crippen LogP contribution in [0.25, 0.3) is 0 Å². The Morgan fingerprint density at radius 3 is 1.62 bits per heavy atom. The summed E-state index contributed by atoms with van der Waals surface area (Å²) >= 11 is 0. The molecule has 0 N–H and O–H groups in total. The minimum Gasteiger partial charge on any atom is -0.370 e. The highest BCUT2D eigenvalue weighted by molar-refractivity contribution is 4.84. The molecule has 0 unspecified atom stereocenters. The maximum absolute atomic E-state index is 5.61. The molecule has 1 aliphatic heterocycles. The summed E-state index contributed by atoms with van der Waals surface area (Å²) in [7, 11) is 0. The fourth-order valence-electron chi connectivity index (χ4n) is 1.88. The molecule has 0 saturated carbocycles. The van der Waals surface area contributed by atoms with E-state index in [1.165, 1.54) is 51.4 Å². The molecular weight excluding hydrogens is 160 g/mol. The van der Waals surface area contributed by atoms with Crippen LogP contribution in [0.3, 0.4) is 0 Å². The Morgan fingerprint density at radius 2 is 1.23 bits per heavy atom. The zero-order valence-corrected chi connectivity index (χ0v) is 9.22. The zero-order chi connectivity index (χ0) is 9.52. The lowest BCUT2D eigenvalue weighted by molar-refractivity contribution is 0.349. The SMILES string of the molecule is CCCCC[C@@H]1O[C@H]1CCCCC. The maximum Gasteiger partial charge on any atom is 0.0841 e. The first-order chi connectivity index (χ1) is 6.38. The monoisotopic (exact) mass is 184 g/mol. The second-order valence-electron chi connectivity index (χ2n) is 4.20. The summed E-state index contributed by atoms with van der Waals surface area (Å²) < 4.78 is 5.61. The third kappa shape index (κ3) is 4.66. The predicted molar refractivity (Wildman–Crippen MR) is 56.9 cm³/mol. The number of rotatable bonds is 8. The van der Waals surface area contributed by atoms with Crippen LogP contribution in [0.1, 0.15) is 65.2 Å². The van der Waals surface area contributed by atoms with Gasteiger partial charge in [0, 0.05) is 0 Å². The van der Waals surface area contributed by atoms with Gasteiger partial charge in [-0.1, -0.05) is 52.4 Å². The van der Waals surface area contributed by atoms with Crippen LogP contribution in [0.5, 0.6) is 0 Å². The first kappa shape index (κ1) is 11.0. The average Bonchev–Trinajstić information content (AvgIpc) is 2.85. The maximum atomic E-state index is 5.61. The molecular formula is C12H24O. The molecule has 2 atom stereocenters. The van der Waals surface area contributed by atoms with E-state index in [-0.39, 0.29) is 0 Å². The number of hydrogen-bond acceptors (Lipinski definition) is 1. The van der Waals surface area contributed by atoms with Crippen molar-refractivity contribution < 1.29 is 4.74 Å². The molecule has 0 spiro atoms. The van der Waals surface area contributed by atoms with Crippen molar-refractivity contribution in [3.8, 4) is 0 Å². The topological polar surface area (TPSA) is 12.5 Å². The van der Waals surface area contributed by atoms with Crippen molar-refractivity contribution in [3.63, 3.8) is 0 Å². The first-order valence-corrected chi connectivity index (χ1v) is 6.04. The van der Waals surface area contributed by atoms with Gasteiger partial charge >= 0.3 is 0 Å². The van der Waals surface area contributed by atoms with Gasteiger partial charge in [-0.25, -0.2) is 0 Å². The number of ether oxygens (including phenoxy) is 1. The van der Waals surface area contributed by atoms with Crippen LogP contribution in [0.15, 0.2) is 0 Å². The van der Waals surface area contributed by atoms with Crippen molar-refractivity contribution in [2.75, 3.05) is 0 Å². The average molecular weight is 184 g/mol. The van der Waals surface area contributed by atoms with Crippen LogP contribution in [0.4, 0.5) is 0 Å². The molecule has 0 amide bonds. The molecule has 13 heavy (non-hydrogen) atoms. The van der Waals surface area contributed by atoms with Crippen molar-refractivity contribution in [1.29, 1.82) is 0 Å². The molecule has 1 nitrogen and oxygen atoms in total. The van der Waals surface area contributed by atoms with Gasteiger partial charge in [-0.3, -0.25) is 0 Å². The van der Waals surface area contributed by atoms with E-state index in [2.05, 4.69) is 13.8 Å². The van der Waals surface area contributed by atoms with E-state index in [0.29, 0.717) is 12.2 Å².